The topological polar surface area (TPSA) is 97.3 Å². The molecule has 0 aliphatic carbocycles. The van der Waals surface area contributed by atoms with E-state index in [1.165, 1.54) is 20.2 Å². The maximum atomic E-state index is 12.5. The number of hydrogen-bond donors (Lipinski definition) is 1. The van der Waals surface area contributed by atoms with Crippen LogP contribution in [0.3, 0.4) is 0 Å². The van der Waals surface area contributed by atoms with Gasteiger partial charge in [-0.15, -0.1) is 0 Å². The van der Waals surface area contributed by atoms with E-state index < -0.39 is 22.0 Å². The summed E-state index contributed by atoms with van der Waals surface area (Å²) in [7, 11) is -2.16. The molecule has 8 nitrogen and oxygen atoms in total. The summed E-state index contributed by atoms with van der Waals surface area (Å²) in [6.45, 7) is 5.44. The highest BCUT2D eigenvalue weighted by molar-refractivity contribution is 7.92. The smallest absolute Gasteiger partial charge is 0.263 e. The Morgan fingerprint density at radius 3 is 2.53 bits per heavy atom. The van der Waals surface area contributed by atoms with E-state index in [2.05, 4.69) is 17.1 Å². The monoisotopic (exact) mass is 431 g/mol. The largest absolute Gasteiger partial charge is 0.493 e. The second kappa shape index (κ2) is 10.4. The molecule has 2 aromatic rings. The minimum absolute atomic E-state index is 0.343. The fourth-order valence-corrected chi connectivity index (χ4v) is 3.85. The van der Waals surface area contributed by atoms with Crippen molar-refractivity contribution < 1.29 is 22.7 Å². The van der Waals surface area contributed by atoms with Gasteiger partial charge < -0.3 is 9.47 Å². The number of hydrazone groups is 1. The Morgan fingerprint density at radius 2 is 1.93 bits per heavy atom. The Kier molecular flexibility index (Phi) is 7.99. The van der Waals surface area contributed by atoms with E-state index in [-0.39, 0.29) is 0 Å². The lowest BCUT2D eigenvalue weighted by molar-refractivity contribution is -0.121. The minimum Gasteiger partial charge on any atom is -0.493 e. The fourth-order valence-electron chi connectivity index (χ4n) is 2.68. The molecular formula is C21H25N3O5S. The Bertz CT molecular complexity index is 1010. The Labute approximate surface area is 176 Å². The average molecular weight is 432 g/mol. The zero-order valence-electron chi connectivity index (χ0n) is 17.1. The number of nitrogens with zero attached hydrogens (tertiary/aromatic N) is 2. The lowest BCUT2D eigenvalue weighted by Gasteiger charge is -2.27. The Hall–Kier alpha value is -3.33. The van der Waals surface area contributed by atoms with E-state index in [9.17, 15) is 13.2 Å². The quantitative estimate of drug-likeness (QED) is 0.354. The van der Waals surface area contributed by atoms with Gasteiger partial charge in [-0.3, -0.25) is 9.10 Å². The van der Waals surface area contributed by atoms with E-state index in [1.807, 2.05) is 0 Å². The summed E-state index contributed by atoms with van der Waals surface area (Å²) < 4.78 is 36.3. The summed E-state index contributed by atoms with van der Waals surface area (Å²) in [5.41, 5.74) is 3.43. The molecule has 0 fully saturated rings. The van der Waals surface area contributed by atoms with Crippen molar-refractivity contribution in [3.63, 3.8) is 0 Å². The van der Waals surface area contributed by atoms with Crippen LogP contribution in [0.25, 0.3) is 0 Å². The highest BCUT2D eigenvalue weighted by Crippen LogP contribution is 2.27. The van der Waals surface area contributed by atoms with Crippen molar-refractivity contribution in [1.29, 1.82) is 0 Å². The number of rotatable bonds is 10. The molecule has 1 N–H and O–H groups in total. The van der Waals surface area contributed by atoms with Gasteiger partial charge in [0.05, 0.1) is 25.3 Å². The van der Waals surface area contributed by atoms with Crippen molar-refractivity contribution >= 4 is 27.8 Å². The molecular weight excluding hydrogens is 406 g/mol. The van der Waals surface area contributed by atoms with Gasteiger partial charge in [0.25, 0.3) is 5.91 Å². The number of anilines is 1. The van der Waals surface area contributed by atoms with Crippen LogP contribution in [-0.2, 0) is 14.8 Å². The number of amides is 1. The van der Waals surface area contributed by atoms with E-state index in [0.29, 0.717) is 29.4 Å². The second-order valence-corrected chi connectivity index (χ2v) is 8.17. The molecule has 0 saturated heterocycles. The molecule has 2 aromatic carbocycles. The molecule has 0 saturated carbocycles. The van der Waals surface area contributed by atoms with Crippen LogP contribution in [0.4, 0.5) is 5.69 Å². The highest BCUT2D eigenvalue weighted by Gasteiger charge is 2.28. The van der Waals surface area contributed by atoms with Gasteiger partial charge in [0.2, 0.25) is 10.0 Å². The van der Waals surface area contributed by atoms with Gasteiger partial charge in [-0.2, -0.15) is 5.10 Å². The average Bonchev–Trinajstić information content (AvgIpc) is 2.72. The van der Waals surface area contributed by atoms with E-state index in [1.54, 1.807) is 54.6 Å². The molecule has 0 aromatic heterocycles. The molecule has 160 valence electrons. The maximum absolute atomic E-state index is 12.5. The number of sulfonamides is 1. The SMILES string of the molecule is C=CCOc1ccc(/C=N\NC(=O)[C@H](C)N(c2ccccc2)S(C)(=O)=O)cc1OC. The minimum atomic E-state index is -3.68. The first-order chi connectivity index (χ1) is 14.3. The Balaban J connectivity index is 2.11. The molecule has 0 aliphatic rings. The highest BCUT2D eigenvalue weighted by atomic mass is 32.2. The molecule has 9 heteroatoms. The molecule has 0 bridgehead atoms. The zero-order valence-corrected chi connectivity index (χ0v) is 17.9. The third kappa shape index (κ3) is 6.08. The van der Waals surface area contributed by atoms with Crippen LogP contribution in [0.5, 0.6) is 11.5 Å². The van der Waals surface area contributed by atoms with Crippen LogP contribution in [0.15, 0.2) is 66.3 Å². The second-order valence-electron chi connectivity index (χ2n) is 6.31. The first kappa shape index (κ1) is 23.0. The number of hydrogen-bond acceptors (Lipinski definition) is 6. The van der Waals surface area contributed by atoms with Gasteiger partial charge >= 0.3 is 0 Å². The number of nitrogens with one attached hydrogen (secondary N) is 1. The third-order valence-electron chi connectivity index (χ3n) is 4.03. The van der Waals surface area contributed by atoms with Gasteiger partial charge in [0.1, 0.15) is 12.6 Å². The van der Waals surface area contributed by atoms with Crippen LogP contribution in [0.2, 0.25) is 0 Å². The molecule has 1 amide bonds. The number of benzene rings is 2. The predicted molar refractivity (Wildman–Crippen MR) is 118 cm³/mol. The summed E-state index contributed by atoms with van der Waals surface area (Å²) >= 11 is 0. The van der Waals surface area contributed by atoms with Crippen LogP contribution >= 0.6 is 0 Å². The number of ether oxygens (including phenoxy) is 2. The number of carbonyl (C=O) groups is 1. The van der Waals surface area contributed by atoms with Crippen molar-refractivity contribution in [3.05, 3.63) is 66.7 Å². The van der Waals surface area contributed by atoms with Crippen LogP contribution in [0, 0.1) is 0 Å². The molecule has 30 heavy (non-hydrogen) atoms. The summed E-state index contributed by atoms with van der Waals surface area (Å²) in [4.78, 5) is 12.5. The molecule has 1 atom stereocenters. The molecule has 0 heterocycles. The van der Waals surface area contributed by atoms with E-state index >= 15 is 0 Å². The summed E-state index contributed by atoms with van der Waals surface area (Å²) in [6.07, 6.45) is 4.10. The lowest BCUT2D eigenvalue weighted by Crippen LogP contribution is -2.46. The molecule has 2 rings (SSSR count). The summed E-state index contributed by atoms with van der Waals surface area (Å²) in [6, 6.07) is 12.6. The maximum Gasteiger partial charge on any atom is 0.263 e. The van der Waals surface area contributed by atoms with Gasteiger partial charge in [0.15, 0.2) is 11.5 Å². The molecule has 0 spiro atoms. The van der Waals surface area contributed by atoms with Crippen molar-refractivity contribution in [2.75, 3.05) is 24.3 Å². The van der Waals surface area contributed by atoms with Crippen molar-refractivity contribution in [2.45, 2.75) is 13.0 Å². The van der Waals surface area contributed by atoms with Crippen molar-refractivity contribution in [2.24, 2.45) is 5.10 Å². The van der Waals surface area contributed by atoms with Gasteiger partial charge in [-0.25, -0.2) is 13.8 Å². The lowest BCUT2D eigenvalue weighted by atomic mass is 10.2. The Morgan fingerprint density at radius 1 is 1.23 bits per heavy atom. The summed E-state index contributed by atoms with van der Waals surface area (Å²) in [5, 5.41) is 3.93. The van der Waals surface area contributed by atoms with Crippen LogP contribution in [0.1, 0.15) is 12.5 Å². The molecule has 0 unspecified atom stereocenters. The number of para-hydroxylation sites is 1. The predicted octanol–water partition coefficient (Wildman–Crippen LogP) is 2.56. The molecule has 0 aliphatic heterocycles. The van der Waals surface area contributed by atoms with E-state index in [0.717, 1.165) is 10.6 Å². The third-order valence-corrected chi connectivity index (χ3v) is 5.27. The fraction of sp³-hybridized carbons (Fsp3) is 0.238. The van der Waals surface area contributed by atoms with Gasteiger partial charge in [-0.05, 0) is 42.8 Å². The van der Waals surface area contributed by atoms with Crippen molar-refractivity contribution in [1.82, 2.24) is 5.43 Å². The van der Waals surface area contributed by atoms with Crippen LogP contribution in [-0.4, -0.2) is 46.6 Å². The first-order valence-electron chi connectivity index (χ1n) is 9.07. The standard InChI is InChI=1S/C21H25N3O5S/c1-5-13-29-19-12-11-17(14-20(19)28-3)15-22-23-21(25)16(2)24(30(4,26)27)18-9-7-6-8-10-18/h5-12,14-16H,1,13H2,2-4H3,(H,23,25)/b22-15-/t16-/m0/s1. The number of methoxy groups -OCH3 is 1. The normalized spacial score (nSPS) is 12.2. The van der Waals surface area contributed by atoms with Gasteiger partial charge in [0, 0.05) is 0 Å². The number of carbonyl (C=O) groups excluding carboxylic acids is 1. The van der Waals surface area contributed by atoms with E-state index in [4.69, 9.17) is 9.47 Å². The van der Waals surface area contributed by atoms with Crippen LogP contribution < -0.4 is 19.2 Å². The first-order valence-corrected chi connectivity index (χ1v) is 10.9. The molecule has 0 radical (unpaired) electrons. The van der Waals surface area contributed by atoms with Gasteiger partial charge in [-0.1, -0.05) is 30.9 Å². The zero-order chi connectivity index (χ0) is 22.1. The van der Waals surface area contributed by atoms with Crippen molar-refractivity contribution in [3.8, 4) is 11.5 Å². The summed E-state index contributed by atoms with van der Waals surface area (Å²) in [5.74, 6) is 0.491.